The molecule has 8 heteroatoms. The number of halogens is 1. The molecule has 2 amide bonds. The van der Waals surface area contributed by atoms with E-state index >= 15 is 0 Å². The Kier molecular flexibility index (Phi) is 7.88. The molecule has 0 radical (unpaired) electrons. The summed E-state index contributed by atoms with van der Waals surface area (Å²) in [6.45, 7) is 4.77. The van der Waals surface area contributed by atoms with Crippen LogP contribution in [0.25, 0.3) is 0 Å². The molecule has 0 unspecified atom stereocenters. The van der Waals surface area contributed by atoms with Crippen molar-refractivity contribution in [2.75, 3.05) is 13.2 Å². The lowest BCUT2D eigenvalue weighted by Crippen LogP contribution is -2.41. The van der Waals surface area contributed by atoms with Crippen LogP contribution in [-0.4, -0.2) is 30.0 Å². The Morgan fingerprint density at radius 1 is 1.11 bits per heavy atom. The quantitative estimate of drug-likeness (QED) is 0.531. The number of hydrogen-bond acceptors (Lipinski definition) is 5. The summed E-state index contributed by atoms with van der Waals surface area (Å²) in [5.41, 5.74) is 5.06. The minimum absolute atomic E-state index is 0.186. The van der Waals surface area contributed by atoms with Crippen LogP contribution in [0.15, 0.2) is 36.5 Å². The van der Waals surface area contributed by atoms with E-state index in [0.717, 1.165) is 12.8 Å². The van der Waals surface area contributed by atoms with E-state index in [1.54, 1.807) is 12.1 Å². The summed E-state index contributed by atoms with van der Waals surface area (Å²) in [5, 5.41) is 0.262. The van der Waals surface area contributed by atoms with Gasteiger partial charge < -0.3 is 9.47 Å². The summed E-state index contributed by atoms with van der Waals surface area (Å²) in [6, 6.07) is 7.90. The molecule has 0 saturated carbocycles. The lowest BCUT2D eigenvalue weighted by molar-refractivity contribution is 0.0843. The van der Waals surface area contributed by atoms with Gasteiger partial charge in [0, 0.05) is 11.8 Å². The fraction of sp³-hybridized carbons (Fsp3) is 0.316. The lowest BCUT2D eigenvalue weighted by atomic mass is 10.2. The Bertz CT molecular complexity index is 784. The van der Waals surface area contributed by atoms with Gasteiger partial charge in [-0.3, -0.25) is 25.4 Å². The van der Waals surface area contributed by atoms with Gasteiger partial charge in [0.25, 0.3) is 11.8 Å². The predicted octanol–water partition coefficient (Wildman–Crippen LogP) is 3.39. The number of hydrogen-bond donors (Lipinski definition) is 2. The zero-order chi connectivity index (χ0) is 19.6. The van der Waals surface area contributed by atoms with Crippen molar-refractivity contribution in [3.8, 4) is 11.5 Å². The first-order valence-corrected chi connectivity index (χ1v) is 9.05. The Morgan fingerprint density at radius 2 is 1.89 bits per heavy atom. The number of ether oxygens (including phenoxy) is 2. The number of unbranched alkanes of at least 4 members (excludes halogenated alkanes) is 1. The molecular formula is C19H22ClN3O4. The molecule has 0 aliphatic carbocycles. The fourth-order valence-corrected chi connectivity index (χ4v) is 2.43. The molecule has 0 saturated heterocycles. The molecule has 144 valence electrons. The molecule has 0 fully saturated rings. The highest BCUT2D eigenvalue weighted by Gasteiger charge is 2.17. The van der Waals surface area contributed by atoms with Crippen molar-refractivity contribution < 1.29 is 19.1 Å². The molecule has 0 bridgehead atoms. The van der Waals surface area contributed by atoms with Crippen molar-refractivity contribution in [3.63, 3.8) is 0 Å². The third kappa shape index (κ3) is 5.86. The van der Waals surface area contributed by atoms with Crippen LogP contribution in [-0.2, 0) is 0 Å². The van der Waals surface area contributed by atoms with Crippen LogP contribution in [0, 0.1) is 0 Å². The second-order valence-corrected chi connectivity index (χ2v) is 5.95. The van der Waals surface area contributed by atoms with Crippen LogP contribution >= 0.6 is 11.6 Å². The maximum absolute atomic E-state index is 12.4. The van der Waals surface area contributed by atoms with Gasteiger partial charge >= 0.3 is 0 Å². The van der Waals surface area contributed by atoms with Gasteiger partial charge in [-0.15, -0.1) is 0 Å². The van der Waals surface area contributed by atoms with Gasteiger partial charge in [0.2, 0.25) is 0 Å². The van der Waals surface area contributed by atoms with Crippen LogP contribution in [0.1, 0.15) is 47.5 Å². The van der Waals surface area contributed by atoms with Crippen molar-refractivity contribution in [3.05, 3.63) is 52.8 Å². The van der Waals surface area contributed by atoms with Crippen molar-refractivity contribution >= 4 is 23.4 Å². The lowest BCUT2D eigenvalue weighted by Gasteiger charge is -2.15. The molecule has 1 aromatic heterocycles. The molecule has 7 nitrogen and oxygen atoms in total. The molecule has 1 heterocycles. The van der Waals surface area contributed by atoms with Gasteiger partial charge in [0.1, 0.15) is 5.69 Å². The normalized spacial score (nSPS) is 10.2. The molecule has 0 aliphatic rings. The average molecular weight is 392 g/mol. The second kappa shape index (κ2) is 10.4. The van der Waals surface area contributed by atoms with Crippen molar-refractivity contribution in [2.24, 2.45) is 0 Å². The molecule has 0 aliphatic heterocycles. The Hall–Kier alpha value is -2.80. The molecule has 2 N–H and O–H groups in total. The van der Waals surface area contributed by atoms with Crippen LogP contribution in [0.4, 0.5) is 0 Å². The van der Waals surface area contributed by atoms with E-state index in [1.165, 1.54) is 24.4 Å². The minimum Gasteiger partial charge on any atom is -0.490 e. The average Bonchev–Trinajstić information content (AvgIpc) is 2.68. The van der Waals surface area contributed by atoms with Gasteiger partial charge in [0.05, 0.1) is 18.2 Å². The summed E-state index contributed by atoms with van der Waals surface area (Å²) in [7, 11) is 0. The number of benzene rings is 1. The Balaban J connectivity index is 2.09. The summed E-state index contributed by atoms with van der Waals surface area (Å²) >= 11 is 6.27. The summed E-state index contributed by atoms with van der Waals surface area (Å²) in [4.78, 5) is 28.2. The summed E-state index contributed by atoms with van der Waals surface area (Å²) < 4.78 is 11.2. The molecule has 27 heavy (non-hydrogen) atoms. The number of rotatable bonds is 8. The third-order valence-electron chi connectivity index (χ3n) is 3.50. The first-order valence-electron chi connectivity index (χ1n) is 8.67. The number of amides is 2. The van der Waals surface area contributed by atoms with E-state index in [2.05, 4.69) is 22.8 Å². The minimum atomic E-state index is -0.540. The third-order valence-corrected chi connectivity index (χ3v) is 3.78. The monoisotopic (exact) mass is 391 g/mol. The Labute approximate surface area is 163 Å². The first kappa shape index (κ1) is 20.5. The van der Waals surface area contributed by atoms with E-state index in [0.29, 0.717) is 24.7 Å². The standard InChI is InChI=1S/C19H22ClN3O4/c1-3-5-10-27-17-14(20)11-13(12-16(17)26-4-2)18(24)22-23-19(25)15-8-6-7-9-21-15/h6-9,11-12H,3-5,10H2,1-2H3,(H,22,24)(H,23,25). The zero-order valence-corrected chi connectivity index (χ0v) is 16.0. The maximum atomic E-state index is 12.4. The second-order valence-electron chi connectivity index (χ2n) is 5.54. The van der Waals surface area contributed by atoms with Gasteiger partial charge in [-0.2, -0.15) is 0 Å². The van der Waals surface area contributed by atoms with E-state index in [-0.39, 0.29) is 16.3 Å². The number of carbonyl (C=O) groups is 2. The largest absolute Gasteiger partial charge is 0.490 e. The molecule has 0 atom stereocenters. The number of pyridine rings is 1. The number of carbonyl (C=O) groups excluding carboxylic acids is 2. The van der Waals surface area contributed by atoms with E-state index in [9.17, 15) is 9.59 Å². The van der Waals surface area contributed by atoms with Gasteiger partial charge in [-0.05, 0) is 37.6 Å². The number of nitrogens with zero attached hydrogens (tertiary/aromatic N) is 1. The summed E-state index contributed by atoms with van der Waals surface area (Å²) in [6.07, 6.45) is 3.35. The fourth-order valence-electron chi connectivity index (χ4n) is 2.17. The van der Waals surface area contributed by atoms with Gasteiger partial charge in [0.15, 0.2) is 11.5 Å². The van der Waals surface area contributed by atoms with E-state index < -0.39 is 11.8 Å². The molecule has 0 spiro atoms. The number of hydrazine groups is 1. The number of aromatic nitrogens is 1. The summed E-state index contributed by atoms with van der Waals surface area (Å²) in [5.74, 6) is -0.287. The van der Waals surface area contributed by atoms with E-state index in [1.807, 2.05) is 6.92 Å². The van der Waals surface area contributed by atoms with Gasteiger partial charge in [-0.25, -0.2) is 0 Å². The predicted molar refractivity (Wildman–Crippen MR) is 102 cm³/mol. The van der Waals surface area contributed by atoms with Crippen LogP contribution in [0.2, 0.25) is 5.02 Å². The zero-order valence-electron chi connectivity index (χ0n) is 15.3. The Morgan fingerprint density at radius 3 is 2.56 bits per heavy atom. The highest BCUT2D eigenvalue weighted by molar-refractivity contribution is 6.32. The van der Waals surface area contributed by atoms with Crippen LogP contribution in [0.3, 0.4) is 0 Å². The van der Waals surface area contributed by atoms with Crippen LogP contribution in [0.5, 0.6) is 11.5 Å². The topological polar surface area (TPSA) is 89.6 Å². The molecule has 1 aromatic carbocycles. The van der Waals surface area contributed by atoms with Crippen molar-refractivity contribution in [2.45, 2.75) is 26.7 Å². The molecule has 2 rings (SSSR count). The smallest absolute Gasteiger partial charge is 0.288 e. The van der Waals surface area contributed by atoms with E-state index in [4.69, 9.17) is 21.1 Å². The SMILES string of the molecule is CCCCOc1c(Cl)cc(C(=O)NNC(=O)c2ccccn2)cc1OCC. The maximum Gasteiger partial charge on any atom is 0.288 e. The molecule has 2 aromatic rings. The van der Waals surface area contributed by atoms with Crippen molar-refractivity contribution in [1.29, 1.82) is 0 Å². The van der Waals surface area contributed by atoms with Gasteiger partial charge in [-0.1, -0.05) is 31.0 Å². The van der Waals surface area contributed by atoms with Crippen LogP contribution < -0.4 is 20.3 Å². The highest BCUT2D eigenvalue weighted by Crippen LogP contribution is 2.36. The highest BCUT2D eigenvalue weighted by atomic mass is 35.5. The number of nitrogens with one attached hydrogen (secondary N) is 2. The van der Waals surface area contributed by atoms with Crippen molar-refractivity contribution in [1.82, 2.24) is 15.8 Å². The first-order chi connectivity index (χ1) is 13.1. The molecular weight excluding hydrogens is 370 g/mol.